The average Bonchev–Trinajstić information content (AvgIpc) is 2.87. The zero-order chi connectivity index (χ0) is 19.4. The first kappa shape index (κ1) is 19.3. The minimum Gasteiger partial charge on any atom is -0.328 e. The molecular formula is C20H27N5O2. The number of benzene rings is 1. The van der Waals surface area contributed by atoms with E-state index in [0.29, 0.717) is 18.7 Å². The van der Waals surface area contributed by atoms with E-state index in [1.54, 1.807) is 34.1 Å². The number of amides is 2. The molecule has 2 aliphatic rings. The van der Waals surface area contributed by atoms with E-state index < -0.39 is 0 Å². The minimum atomic E-state index is -0.0817. The Morgan fingerprint density at radius 3 is 2.63 bits per heavy atom. The third-order valence-corrected chi connectivity index (χ3v) is 5.38. The zero-order valence-electron chi connectivity index (χ0n) is 16.1. The van der Waals surface area contributed by atoms with Crippen molar-refractivity contribution in [3.05, 3.63) is 29.8 Å². The molecule has 2 amide bonds. The van der Waals surface area contributed by atoms with Crippen molar-refractivity contribution >= 4 is 17.5 Å². The summed E-state index contributed by atoms with van der Waals surface area (Å²) in [4.78, 5) is 33.3. The normalized spacial score (nSPS) is 22.4. The van der Waals surface area contributed by atoms with Crippen molar-refractivity contribution in [2.24, 2.45) is 0 Å². The fourth-order valence-electron chi connectivity index (χ4n) is 3.69. The number of carbonyl (C=O) groups excluding carboxylic acids is 2. The average molecular weight is 369 g/mol. The van der Waals surface area contributed by atoms with Crippen LogP contribution in [0.3, 0.4) is 0 Å². The van der Waals surface area contributed by atoms with Crippen LogP contribution in [-0.4, -0.2) is 85.4 Å². The summed E-state index contributed by atoms with van der Waals surface area (Å²) in [5.41, 5.74) is 1.34. The third kappa shape index (κ3) is 4.65. The molecule has 0 unspecified atom stereocenters. The lowest BCUT2D eigenvalue weighted by Crippen LogP contribution is -2.58. The monoisotopic (exact) mass is 369 g/mol. The highest BCUT2D eigenvalue weighted by Crippen LogP contribution is 2.21. The number of piperazine rings is 1. The summed E-state index contributed by atoms with van der Waals surface area (Å²) in [5, 5.41) is 8.91. The van der Waals surface area contributed by atoms with Gasteiger partial charge in [0.05, 0.1) is 18.2 Å². The van der Waals surface area contributed by atoms with Crippen molar-refractivity contribution in [2.45, 2.75) is 19.4 Å². The van der Waals surface area contributed by atoms with Gasteiger partial charge in [0.15, 0.2) is 0 Å². The molecule has 0 radical (unpaired) electrons. The highest BCUT2D eigenvalue weighted by molar-refractivity contribution is 5.98. The van der Waals surface area contributed by atoms with Crippen LogP contribution in [0.2, 0.25) is 0 Å². The summed E-state index contributed by atoms with van der Waals surface area (Å²) in [6.45, 7) is 6.77. The highest BCUT2D eigenvalue weighted by atomic mass is 16.2. The summed E-state index contributed by atoms with van der Waals surface area (Å²) in [7, 11) is 2.11. The van der Waals surface area contributed by atoms with E-state index in [0.717, 1.165) is 38.3 Å². The van der Waals surface area contributed by atoms with Gasteiger partial charge in [0.1, 0.15) is 6.54 Å². The lowest BCUT2D eigenvalue weighted by atomic mass is 10.1. The first-order valence-corrected chi connectivity index (χ1v) is 9.49. The number of anilines is 1. The first-order chi connectivity index (χ1) is 13.0. The van der Waals surface area contributed by atoms with Gasteiger partial charge in [0, 0.05) is 31.4 Å². The van der Waals surface area contributed by atoms with E-state index in [4.69, 9.17) is 5.26 Å². The molecule has 1 aromatic carbocycles. The van der Waals surface area contributed by atoms with Gasteiger partial charge in [0.2, 0.25) is 11.8 Å². The number of likely N-dealkylation sites (N-methyl/N-ethyl adjacent to an activating group) is 1. The van der Waals surface area contributed by atoms with Crippen LogP contribution >= 0.6 is 0 Å². The number of carbonyl (C=O) groups is 2. The summed E-state index contributed by atoms with van der Waals surface area (Å²) in [5.74, 6) is -0.0540. The Morgan fingerprint density at radius 2 is 1.93 bits per heavy atom. The van der Waals surface area contributed by atoms with E-state index >= 15 is 0 Å². The number of hydrogen-bond donors (Lipinski definition) is 0. The van der Waals surface area contributed by atoms with Crippen LogP contribution in [0.15, 0.2) is 24.3 Å². The van der Waals surface area contributed by atoms with E-state index in [2.05, 4.69) is 22.9 Å². The molecule has 0 bridgehead atoms. The SMILES string of the molecule is C[C@H]1CN(c2ccc(C#N)cc2)C(=O)CN1C(=O)CN1CCCN(C)CC1. The zero-order valence-corrected chi connectivity index (χ0v) is 16.1. The lowest BCUT2D eigenvalue weighted by molar-refractivity contribution is -0.140. The van der Waals surface area contributed by atoms with Gasteiger partial charge >= 0.3 is 0 Å². The molecule has 2 aliphatic heterocycles. The molecule has 2 saturated heterocycles. The Kier molecular flexibility index (Phi) is 6.09. The predicted octanol–water partition coefficient (Wildman–Crippen LogP) is 0.759. The molecule has 7 heteroatoms. The Morgan fingerprint density at radius 1 is 1.19 bits per heavy atom. The summed E-state index contributed by atoms with van der Waals surface area (Å²) >= 11 is 0. The van der Waals surface area contributed by atoms with Gasteiger partial charge < -0.3 is 14.7 Å². The smallest absolute Gasteiger partial charge is 0.246 e. The van der Waals surface area contributed by atoms with Gasteiger partial charge in [-0.1, -0.05) is 0 Å². The van der Waals surface area contributed by atoms with Crippen LogP contribution in [-0.2, 0) is 9.59 Å². The Balaban J connectivity index is 1.61. The summed E-state index contributed by atoms with van der Waals surface area (Å²) < 4.78 is 0. The van der Waals surface area contributed by atoms with Crippen LogP contribution in [0, 0.1) is 11.3 Å². The molecule has 2 fully saturated rings. The van der Waals surface area contributed by atoms with Crippen LogP contribution in [0.4, 0.5) is 5.69 Å². The van der Waals surface area contributed by atoms with Crippen molar-refractivity contribution in [2.75, 3.05) is 57.8 Å². The van der Waals surface area contributed by atoms with Gasteiger partial charge in [0.25, 0.3) is 0 Å². The maximum atomic E-state index is 12.8. The fourth-order valence-corrected chi connectivity index (χ4v) is 3.69. The Hall–Kier alpha value is -2.43. The predicted molar refractivity (Wildman–Crippen MR) is 103 cm³/mol. The second-order valence-corrected chi connectivity index (χ2v) is 7.47. The number of hydrogen-bond acceptors (Lipinski definition) is 5. The molecule has 7 nitrogen and oxygen atoms in total. The Labute approximate surface area is 160 Å². The molecule has 0 saturated carbocycles. The molecule has 144 valence electrons. The van der Waals surface area contributed by atoms with Crippen molar-refractivity contribution < 1.29 is 9.59 Å². The van der Waals surface area contributed by atoms with Crippen molar-refractivity contribution in [1.82, 2.24) is 14.7 Å². The highest BCUT2D eigenvalue weighted by Gasteiger charge is 2.33. The third-order valence-electron chi connectivity index (χ3n) is 5.38. The summed E-state index contributed by atoms with van der Waals surface area (Å²) in [6, 6.07) is 9.03. The Bertz CT molecular complexity index is 727. The van der Waals surface area contributed by atoms with Gasteiger partial charge in [-0.3, -0.25) is 14.5 Å². The minimum absolute atomic E-state index is 0.0277. The number of nitriles is 1. The molecular weight excluding hydrogens is 342 g/mol. The first-order valence-electron chi connectivity index (χ1n) is 9.49. The maximum absolute atomic E-state index is 12.8. The molecule has 0 spiro atoms. The number of rotatable bonds is 3. The van der Waals surface area contributed by atoms with E-state index in [1.165, 1.54) is 0 Å². The molecule has 3 rings (SSSR count). The second-order valence-electron chi connectivity index (χ2n) is 7.47. The van der Waals surface area contributed by atoms with E-state index in [-0.39, 0.29) is 24.4 Å². The van der Waals surface area contributed by atoms with Crippen LogP contribution < -0.4 is 4.90 Å². The van der Waals surface area contributed by atoms with Gasteiger partial charge in [-0.25, -0.2) is 0 Å². The molecule has 2 heterocycles. The molecule has 0 aromatic heterocycles. The molecule has 0 N–H and O–H groups in total. The van der Waals surface area contributed by atoms with Gasteiger partial charge in [-0.2, -0.15) is 5.26 Å². The van der Waals surface area contributed by atoms with Crippen LogP contribution in [0.25, 0.3) is 0 Å². The maximum Gasteiger partial charge on any atom is 0.246 e. The number of nitrogens with zero attached hydrogens (tertiary/aromatic N) is 5. The quantitative estimate of drug-likeness (QED) is 0.787. The molecule has 1 aromatic rings. The molecule has 1 atom stereocenters. The van der Waals surface area contributed by atoms with Crippen LogP contribution in [0.1, 0.15) is 18.9 Å². The summed E-state index contributed by atoms with van der Waals surface area (Å²) in [6.07, 6.45) is 1.06. The fraction of sp³-hybridized carbons (Fsp3) is 0.550. The van der Waals surface area contributed by atoms with Gasteiger partial charge in [-0.15, -0.1) is 0 Å². The molecule has 27 heavy (non-hydrogen) atoms. The molecule has 0 aliphatic carbocycles. The van der Waals surface area contributed by atoms with Crippen molar-refractivity contribution in [1.29, 1.82) is 5.26 Å². The van der Waals surface area contributed by atoms with E-state index in [1.807, 2.05) is 6.92 Å². The second kappa shape index (κ2) is 8.51. The van der Waals surface area contributed by atoms with Gasteiger partial charge in [-0.05, 0) is 57.7 Å². The lowest BCUT2D eigenvalue weighted by Gasteiger charge is -2.40. The van der Waals surface area contributed by atoms with Crippen LogP contribution in [0.5, 0.6) is 0 Å². The van der Waals surface area contributed by atoms with Crippen molar-refractivity contribution in [3.8, 4) is 6.07 Å². The van der Waals surface area contributed by atoms with Crippen molar-refractivity contribution in [3.63, 3.8) is 0 Å². The largest absolute Gasteiger partial charge is 0.328 e. The standard InChI is InChI=1S/C20H27N5O2/c1-16-13-25(18-6-4-17(12-21)5-7-18)20(27)15-24(16)19(26)14-23-9-3-8-22(2)10-11-23/h4-7,16H,3,8-11,13-15H2,1-2H3/t16-/m0/s1. The topological polar surface area (TPSA) is 70.9 Å². The van der Waals surface area contributed by atoms with E-state index in [9.17, 15) is 9.59 Å².